The van der Waals surface area contributed by atoms with Gasteiger partial charge in [0.2, 0.25) is 0 Å². The molecule has 0 saturated heterocycles. The fourth-order valence-electron chi connectivity index (χ4n) is 4.14. The second-order valence-electron chi connectivity index (χ2n) is 8.01. The minimum atomic E-state index is -4.67. The highest BCUT2D eigenvalue weighted by molar-refractivity contribution is 5.37. The van der Waals surface area contributed by atoms with E-state index in [4.69, 9.17) is 0 Å². The summed E-state index contributed by atoms with van der Waals surface area (Å²) in [5.74, 6) is 0.139. The summed E-state index contributed by atoms with van der Waals surface area (Å²) in [5.41, 5.74) is 3.81. The van der Waals surface area contributed by atoms with Crippen LogP contribution >= 0.6 is 0 Å². The number of ether oxygens (including phenoxy) is 1. The molecular formula is C24H28F4O. The van der Waals surface area contributed by atoms with Gasteiger partial charge in [-0.25, -0.2) is 4.39 Å². The Kier molecular flexibility index (Phi) is 7.20. The Morgan fingerprint density at radius 3 is 2.55 bits per heavy atom. The molecule has 0 bridgehead atoms. The predicted molar refractivity (Wildman–Crippen MR) is 107 cm³/mol. The van der Waals surface area contributed by atoms with E-state index < -0.39 is 6.36 Å². The summed E-state index contributed by atoms with van der Waals surface area (Å²) in [6.45, 7) is 2.16. The molecule has 0 N–H and O–H groups in total. The summed E-state index contributed by atoms with van der Waals surface area (Å²) in [7, 11) is 0. The maximum absolute atomic E-state index is 14.4. The molecule has 1 atom stereocenters. The van der Waals surface area contributed by atoms with Crippen LogP contribution in [0.15, 0.2) is 36.4 Å². The van der Waals surface area contributed by atoms with Crippen LogP contribution in [0.3, 0.4) is 0 Å². The third-order valence-corrected chi connectivity index (χ3v) is 5.75. The molecule has 3 rings (SSSR count). The van der Waals surface area contributed by atoms with Crippen molar-refractivity contribution in [3.8, 4) is 5.75 Å². The molecular weight excluding hydrogens is 380 g/mol. The van der Waals surface area contributed by atoms with Gasteiger partial charge in [-0.15, -0.1) is 13.2 Å². The Hall–Kier alpha value is -2.04. The molecule has 0 amide bonds. The smallest absolute Gasteiger partial charge is 0.406 e. The van der Waals surface area contributed by atoms with E-state index in [1.807, 2.05) is 12.1 Å². The molecule has 5 heteroatoms. The minimum absolute atomic E-state index is 0.121. The summed E-state index contributed by atoms with van der Waals surface area (Å²) in [6.07, 6.45) is 3.68. The highest BCUT2D eigenvalue weighted by Gasteiger charge is 2.31. The van der Waals surface area contributed by atoms with Gasteiger partial charge in [-0.3, -0.25) is 0 Å². The SMILES string of the molecule is CCCCCc1ccc(CCC2CCc3cc(OC(F)(F)F)ccc3C2)c(F)c1. The number of alkyl halides is 3. The molecule has 2 aromatic rings. The Morgan fingerprint density at radius 1 is 1.00 bits per heavy atom. The molecule has 0 fully saturated rings. The van der Waals surface area contributed by atoms with Crippen LogP contribution in [0.2, 0.25) is 0 Å². The van der Waals surface area contributed by atoms with Crippen LogP contribution in [0.1, 0.15) is 61.3 Å². The van der Waals surface area contributed by atoms with Crippen molar-refractivity contribution in [1.82, 2.24) is 0 Å². The van der Waals surface area contributed by atoms with E-state index in [0.29, 0.717) is 12.3 Å². The quantitative estimate of drug-likeness (QED) is 0.332. The molecule has 0 aromatic heterocycles. The van der Waals surface area contributed by atoms with Crippen molar-refractivity contribution in [3.63, 3.8) is 0 Å². The van der Waals surface area contributed by atoms with E-state index in [0.717, 1.165) is 73.6 Å². The lowest BCUT2D eigenvalue weighted by Gasteiger charge is -2.25. The number of unbranched alkanes of at least 4 members (excludes halogenated alkanes) is 2. The van der Waals surface area contributed by atoms with Crippen LogP contribution in [0.25, 0.3) is 0 Å². The van der Waals surface area contributed by atoms with Gasteiger partial charge in [0.1, 0.15) is 11.6 Å². The normalized spacial score (nSPS) is 16.5. The lowest BCUT2D eigenvalue weighted by atomic mass is 9.81. The number of hydrogen-bond acceptors (Lipinski definition) is 1. The number of fused-ring (bicyclic) bond motifs is 1. The first-order valence-electron chi connectivity index (χ1n) is 10.5. The summed E-state index contributed by atoms with van der Waals surface area (Å²) in [5, 5.41) is 0. The molecule has 29 heavy (non-hydrogen) atoms. The molecule has 1 aliphatic carbocycles. The summed E-state index contributed by atoms with van der Waals surface area (Å²) in [6, 6.07) is 10.2. The lowest BCUT2D eigenvalue weighted by Crippen LogP contribution is -2.19. The summed E-state index contributed by atoms with van der Waals surface area (Å²) < 4.78 is 55.6. The van der Waals surface area contributed by atoms with Gasteiger partial charge < -0.3 is 4.74 Å². The van der Waals surface area contributed by atoms with E-state index in [1.165, 1.54) is 12.1 Å². The van der Waals surface area contributed by atoms with Crippen molar-refractivity contribution in [2.24, 2.45) is 5.92 Å². The summed E-state index contributed by atoms with van der Waals surface area (Å²) >= 11 is 0. The highest BCUT2D eigenvalue weighted by Crippen LogP contribution is 2.32. The average Bonchev–Trinajstić information content (AvgIpc) is 2.66. The van der Waals surface area contributed by atoms with Gasteiger partial charge in [-0.2, -0.15) is 0 Å². The molecule has 0 saturated carbocycles. The van der Waals surface area contributed by atoms with Crippen LogP contribution in [0.4, 0.5) is 17.6 Å². The van der Waals surface area contributed by atoms with E-state index in [9.17, 15) is 17.6 Å². The highest BCUT2D eigenvalue weighted by atomic mass is 19.4. The van der Waals surface area contributed by atoms with E-state index in [2.05, 4.69) is 11.7 Å². The standard InChI is InChI=1S/C24H28F4O/c1-2-3-4-5-17-6-9-19(23(25)15-17)10-7-18-8-11-21-16-22(29-24(26,27)28)13-12-20(21)14-18/h6,9,12-13,15-16,18H,2-5,7-8,10-11,14H2,1H3. The van der Waals surface area contributed by atoms with Crippen LogP contribution in [0, 0.1) is 11.7 Å². The third-order valence-electron chi connectivity index (χ3n) is 5.75. The second kappa shape index (κ2) is 9.64. The van der Waals surface area contributed by atoms with E-state index >= 15 is 0 Å². The fraction of sp³-hybridized carbons (Fsp3) is 0.500. The Labute approximate surface area is 170 Å². The molecule has 0 spiro atoms. The molecule has 2 aromatic carbocycles. The zero-order valence-corrected chi connectivity index (χ0v) is 16.8. The van der Waals surface area contributed by atoms with Crippen molar-refractivity contribution >= 4 is 0 Å². The van der Waals surface area contributed by atoms with Gasteiger partial charge in [-0.1, -0.05) is 38.0 Å². The number of aryl methyl sites for hydroxylation is 3. The number of rotatable bonds is 8. The number of benzene rings is 2. The van der Waals surface area contributed by atoms with Crippen LogP contribution < -0.4 is 4.74 Å². The fourth-order valence-corrected chi connectivity index (χ4v) is 4.14. The predicted octanol–water partition coefficient (Wildman–Crippen LogP) is 7.19. The van der Waals surface area contributed by atoms with E-state index in [1.54, 1.807) is 12.1 Å². The maximum atomic E-state index is 14.4. The first-order chi connectivity index (χ1) is 13.8. The van der Waals surface area contributed by atoms with Crippen LogP contribution in [0.5, 0.6) is 5.75 Å². The third kappa shape index (κ3) is 6.48. The first kappa shape index (κ1) is 21.7. The number of hydrogen-bond donors (Lipinski definition) is 0. The van der Waals surface area contributed by atoms with Gasteiger partial charge in [-0.05, 0) is 91.3 Å². The van der Waals surface area contributed by atoms with Crippen molar-refractivity contribution in [2.75, 3.05) is 0 Å². The van der Waals surface area contributed by atoms with Crippen LogP contribution in [-0.4, -0.2) is 6.36 Å². The first-order valence-corrected chi connectivity index (χ1v) is 10.5. The van der Waals surface area contributed by atoms with Gasteiger partial charge in [0.15, 0.2) is 0 Å². The van der Waals surface area contributed by atoms with Gasteiger partial charge >= 0.3 is 6.36 Å². The zero-order chi connectivity index (χ0) is 20.9. The average molecular weight is 408 g/mol. The largest absolute Gasteiger partial charge is 0.573 e. The molecule has 0 heterocycles. The maximum Gasteiger partial charge on any atom is 0.573 e. The van der Waals surface area contributed by atoms with Crippen molar-refractivity contribution in [1.29, 1.82) is 0 Å². The Bertz CT molecular complexity index is 813. The van der Waals surface area contributed by atoms with Gasteiger partial charge in [0.05, 0.1) is 0 Å². The van der Waals surface area contributed by atoms with Crippen LogP contribution in [-0.2, 0) is 25.7 Å². The molecule has 0 radical (unpaired) electrons. The second-order valence-corrected chi connectivity index (χ2v) is 8.01. The van der Waals surface area contributed by atoms with E-state index in [-0.39, 0.29) is 11.6 Å². The zero-order valence-electron chi connectivity index (χ0n) is 16.8. The molecule has 1 aliphatic rings. The molecule has 158 valence electrons. The molecule has 1 unspecified atom stereocenters. The van der Waals surface area contributed by atoms with Crippen molar-refractivity contribution in [3.05, 3.63) is 64.5 Å². The minimum Gasteiger partial charge on any atom is -0.406 e. The Balaban J connectivity index is 1.54. The topological polar surface area (TPSA) is 9.23 Å². The monoisotopic (exact) mass is 408 g/mol. The van der Waals surface area contributed by atoms with Crippen molar-refractivity contribution < 1.29 is 22.3 Å². The number of halogens is 4. The van der Waals surface area contributed by atoms with Crippen molar-refractivity contribution in [2.45, 2.75) is 71.1 Å². The van der Waals surface area contributed by atoms with Gasteiger partial charge in [0.25, 0.3) is 0 Å². The molecule has 0 aliphatic heterocycles. The molecule has 1 nitrogen and oxygen atoms in total. The Morgan fingerprint density at radius 2 is 1.83 bits per heavy atom. The summed E-state index contributed by atoms with van der Waals surface area (Å²) in [4.78, 5) is 0. The lowest BCUT2D eigenvalue weighted by molar-refractivity contribution is -0.274. The van der Waals surface area contributed by atoms with Gasteiger partial charge in [0, 0.05) is 0 Å².